The van der Waals surface area contributed by atoms with E-state index in [1.807, 2.05) is 0 Å². The van der Waals surface area contributed by atoms with E-state index in [4.69, 9.17) is 4.74 Å². The van der Waals surface area contributed by atoms with Gasteiger partial charge in [0.25, 0.3) is 5.91 Å². The van der Waals surface area contributed by atoms with Crippen LogP contribution < -0.4 is 14.8 Å². The van der Waals surface area contributed by atoms with Crippen LogP contribution in [0.25, 0.3) is 0 Å². The van der Waals surface area contributed by atoms with Crippen molar-refractivity contribution in [1.82, 2.24) is 10.2 Å². The Labute approximate surface area is 143 Å². The Balaban J connectivity index is 1.90. The van der Waals surface area contributed by atoms with Crippen LogP contribution in [0.3, 0.4) is 0 Å². The topological polar surface area (TPSA) is 110 Å². The minimum absolute atomic E-state index is 0.0164. The zero-order valence-corrected chi connectivity index (χ0v) is 14.8. The number of benzene rings is 1. The largest absolute Gasteiger partial charge is 0.481 e. The Morgan fingerprint density at radius 1 is 1.39 bits per heavy atom. The van der Waals surface area contributed by atoms with Gasteiger partial charge in [-0.3, -0.25) is 14.8 Å². The van der Waals surface area contributed by atoms with Gasteiger partial charge in [0.15, 0.2) is 18.2 Å². The van der Waals surface area contributed by atoms with Crippen molar-refractivity contribution in [2.45, 2.75) is 0 Å². The van der Waals surface area contributed by atoms with E-state index in [1.54, 1.807) is 6.07 Å². The minimum atomic E-state index is -3.47. The molecule has 0 aliphatic rings. The van der Waals surface area contributed by atoms with Crippen LogP contribution in [0.4, 0.5) is 14.7 Å². The van der Waals surface area contributed by atoms with E-state index < -0.39 is 28.4 Å². The standard InChI is InChI=1S/C11H10BrFN4O4S2/c1-23(19,20)17-11-16-15-10(22-11)14-9(18)5-21-8-3-2-6(12)4-7(8)13/h2-4H,5H2,1H3,(H,16,17)(H,14,15,18). The summed E-state index contributed by atoms with van der Waals surface area (Å²) in [6.45, 7) is -0.438. The van der Waals surface area contributed by atoms with E-state index in [1.165, 1.54) is 12.1 Å². The highest BCUT2D eigenvalue weighted by Gasteiger charge is 2.12. The van der Waals surface area contributed by atoms with E-state index >= 15 is 0 Å². The number of hydrogen-bond donors (Lipinski definition) is 2. The molecule has 2 rings (SSSR count). The van der Waals surface area contributed by atoms with Gasteiger partial charge >= 0.3 is 0 Å². The summed E-state index contributed by atoms with van der Waals surface area (Å²) in [5.41, 5.74) is 0. The summed E-state index contributed by atoms with van der Waals surface area (Å²) in [4.78, 5) is 11.7. The van der Waals surface area contributed by atoms with E-state index in [2.05, 4.69) is 36.2 Å². The van der Waals surface area contributed by atoms with Crippen LogP contribution >= 0.6 is 27.3 Å². The lowest BCUT2D eigenvalue weighted by molar-refractivity contribution is -0.118. The van der Waals surface area contributed by atoms with Gasteiger partial charge in [0.2, 0.25) is 20.3 Å². The second kappa shape index (κ2) is 7.19. The maximum absolute atomic E-state index is 13.5. The first kappa shape index (κ1) is 17.6. The van der Waals surface area contributed by atoms with Gasteiger partial charge in [-0.25, -0.2) is 12.8 Å². The Morgan fingerprint density at radius 3 is 2.74 bits per heavy atom. The molecule has 124 valence electrons. The van der Waals surface area contributed by atoms with Crippen LogP contribution in [0, 0.1) is 5.82 Å². The lowest BCUT2D eigenvalue weighted by Crippen LogP contribution is -2.20. The first-order valence-electron chi connectivity index (χ1n) is 5.92. The predicted octanol–water partition coefficient (Wildman–Crippen LogP) is 1.83. The van der Waals surface area contributed by atoms with Crippen LogP contribution in [-0.2, 0) is 14.8 Å². The Hall–Kier alpha value is -1.79. The fourth-order valence-corrected chi connectivity index (χ4v) is 3.19. The molecule has 0 unspecified atom stereocenters. The zero-order valence-electron chi connectivity index (χ0n) is 11.5. The number of anilines is 2. The van der Waals surface area contributed by atoms with Gasteiger partial charge in [-0.15, -0.1) is 10.2 Å². The molecule has 0 fully saturated rings. The number of carbonyl (C=O) groups is 1. The summed E-state index contributed by atoms with van der Waals surface area (Å²) in [5, 5.41) is 9.62. The van der Waals surface area contributed by atoms with Gasteiger partial charge in [-0.2, -0.15) is 0 Å². The van der Waals surface area contributed by atoms with Crippen molar-refractivity contribution in [3.05, 3.63) is 28.5 Å². The van der Waals surface area contributed by atoms with Gasteiger partial charge < -0.3 is 4.74 Å². The highest BCUT2D eigenvalue weighted by Crippen LogP contribution is 2.22. The van der Waals surface area contributed by atoms with E-state index in [-0.39, 0.29) is 16.0 Å². The van der Waals surface area contributed by atoms with Crippen molar-refractivity contribution in [2.75, 3.05) is 22.9 Å². The van der Waals surface area contributed by atoms with Crippen LogP contribution in [0.5, 0.6) is 5.75 Å². The highest BCUT2D eigenvalue weighted by atomic mass is 79.9. The molecule has 0 aliphatic heterocycles. The second-order valence-corrected chi connectivity index (χ2v) is 7.84. The minimum Gasteiger partial charge on any atom is -0.481 e. The third kappa shape index (κ3) is 5.73. The number of ether oxygens (including phenoxy) is 1. The van der Waals surface area contributed by atoms with Crippen molar-refractivity contribution in [3.8, 4) is 5.75 Å². The number of nitrogens with one attached hydrogen (secondary N) is 2. The van der Waals surface area contributed by atoms with E-state index in [0.717, 1.165) is 17.6 Å². The maximum atomic E-state index is 13.5. The van der Waals surface area contributed by atoms with Gasteiger partial charge in [-0.1, -0.05) is 27.3 Å². The average molecular weight is 425 g/mol. The average Bonchev–Trinajstić information content (AvgIpc) is 2.82. The fourth-order valence-electron chi connectivity index (χ4n) is 1.36. The normalized spacial score (nSPS) is 11.1. The SMILES string of the molecule is CS(=O)(=O)Nc1nnc(NC(=O)COc2ccc(Br)cc2F)s1. The highest BCUT2D eigenvalue weighted by molar-refractivity contribution is 9.10. The summed E-state index contributed by atoms with van der Waals surface area (Å²) >= 11 is 3.94. The number of halogens is 2. The van der Waals surface area contributed by atoms with Crippen molar-refractivity contribution in [2.24, 2.45) is 0 Å². The Bertz CT molecular complexity index is 827. The van der Waals surface area contributed by atoms with E-state index in [0.29, 0.717) is 4.47 Å². The molecule has 0 aliphatic carbocycles. The van der Waals surface area contributed by atoms with Crippen molar-refractivity contribution in [1.29, 1.82) is 0 Å². The van der Waals surface area contributed by atoms with Crippen molar-refractivity contribution < 1.29 is 22.3 Å². The van der Waals surface area contributed by atoms with Crippen molar-refractivity contribution >= 4 is 53.5 Å². The molecule has 1 aromatic heterocycles. The van der Waals surface area contributed by atoms with Gasteiger partial charge in [0.1, 0.15) is 0 Å². The number of sulfonamides is 1. The molecule has 8 nitrogen and oxygen atoms in total. The molecule has 0 saturated carbocycles. The summed E-state index contributed by atoms with van der Waals surface area (Å²) in [5.74, 6) is -1.27. The molecule has 0 atom stereocenters. The molecular weight excluding hydrogens is 415 g/mol. The molecule has 12 heteroatoms. The molecule has 0 bridgehead atoms. The summed E-state index contributed by atoms with van der Waals surface area (Å²) in [6.07, 6.45) is 0.966. The Morgan fingerprint density at radius 2 is 2.09 bits per heavy atom. The maximum Gasteiger partial charge on any atom is 0.264 e. The Kier molecular flexibility index (Phi) is 5.49. The molecular formula is C11H10BrFN4O4S2. The molecule has 2 N–H and O–H groups in total. The molecule has 0 radical (unpaired) electrons. The lowest BCUT2D eigenvalue weighted by Gasteiger charge is -2.06. The quantitative estimate of drug-likeness (QED) is 0.731. The van der Waals surface area contributed by atoms with E-state index in [9.17, 15) is 17.6 Å². The first-order valence-corrected chi connectivity index (χ1v) is 9.42. The van der Waals surface area contributed by atoms with Gasteiger partial charge in [-0.05, 0) is 18.2 Å². The van der Waals surface area contributed by atoms with Crippen LogP contribution in [0.15, 0.2) is 22.7 Å². The molecule has 1 aromatic carbocycles. The number of rotatable bonds is 6. The number of nitrogens with zero attached hydrogens (tertiary/aromatic N) is 2. The zero-order chi connectivity index (χ0) is 17.0. The number of carbonyl (C=O) groups excluding carboxylic acids is 1. The molecule has 1 heterocycles. The van der Waals surface area contributed by atoms with Crippen LogP contribution in [-0.4, -0.2) is 37.4 Å². The third-order valence-corrected chi connectivity index (χ3v) is 4.14. The molecule has 1 amide bonds. The molecule has 0 spiro atoms. The van der Waals surface area contributed by atoms with Crippen molar-refractivity contribution in [3.63, 3.8) is 0 Å². The third-order valence-electron chi connectivity index (χ3n) is 2.20. The fraction of sp³-hybridized carbons (Fsp3) is 0.182. The molecule has 0 saturated heterocycles. The van der Waals surface area contributed by atoms with Crippen LogP contribution in [0.1, 0.15) is 0 Å². The molecule has 23 heavy (non-hydrogen) atoms. The number of amides is 1. The summed E-state index contributed by atoms with van der Waals surface area (Å²) in [6, 6.07) is 4.16. The smallest absolute Gasteiger partial charge is 0.264 e. The first-order chi connectivity index (χ1) is 10.7. The lowest BCUT2D eigenvalue weighted by atomic mass is 10.3. The van der Waals surface area contributed by atoms with Gasteiger partial charge in [0.05, 0.1) is 6.26 Å². The summed E-state index contributed by atoms with van der Waals surface area (Å²) in [7, 11) is -3.47. The summed E-state index contributed by atoms with van der Waals surface area (Å²) < 4.78 is 43.3. The monoisotopic (exact) mass is 424 g/mol. The number of hydrogen-bond acceptors (Lipinski definition) is 7. The van der Waals surface area contributed by atoms with Crippen LogP contribution in [0.2, 0.25) is 0 Å². The second-order valence-electron chi connectivity index (χ2n) is 4.20. The van der Waals surface area contributed by atoms with Gasteiger partial charge in [0, 0.05) is 4.47 Å². The predicted molar refractivity (Wildman–Crippen MR) is 86.6 cm³/mol. The number of aromatic nitrogens is 2. The molecule has 2 aromatic rings.